The summed E-state index contributed by atoms with van der Waals surface area (Å²) in [6.45, 7) is 1.50. The summed E-state index contributed by atoms with van der Waals surface area (Å²) in [5, 5.41) is 62.1. The predicted molar refractivity (Wildman–Crippen MR) is 163 cm³/mol. The molecular weight excluding hydrogens is 668 g/mol. The summed E-state index contributed by atoms with van der Waals surface area (Å²) in [7, 11) is 1.53. The number of epoxide rings is 1. The smallest absolute Gasteiger partial charge is 0.331 e. The van der Waals surface area contributed by atoms with Gasteiger partial charge in [0.1, 0.15) is 48.0 Å². The van der Waals surface area contributed by atoms with E-state index >= 15 is 0 Å². The predicted octanol–water partition coefficient (Wildman–Crippen LogP) is -1.89. The van der Waals surface area contributed by atoms with E-state index in [-0.39, 0.29) is 0 Å². The number of hydrogen-bond donors (Lipinski definition) is 6. The lowest BCUT2D eigenvalue weighted by Crippen LogP contribution is -2.61. The van der Waals surface area contributed by atoms with Crippen LogP contribution < -0.4 is 4.74 Å². The Kier molecular flexibility index (Phi) is 10.8. The van der Waals surface area contributed by atoms with Crippen molar-refractivity contribution in [1.29, 1.82) is 0 Å². The number of carbonyl (C=O) groups excluding carboxylic acids is 2. The van der Waals surface area contributed by atoms with Crippen LogP contribution >= 0.6 is 0 Å². The number of rotatable bonds is 11. The van der Waals surface area contributed by atoms with Gasteiger partial charge in [-0.3, -0.25) is 4.79 Å². The Morgan fingerprint density at radius 1 is 0.880 bits per heavy atom. The van der Waals surface area contributed by atoms with Crippen LogP contribution in [0.15, 0.2) is 42.7 Å². The monoisotopic (exact) mass is 710 g/mol. The van der Waals surface area contributed by atoms with Gasteiger partial charge in [0.05, 0.1) is 44.7 Å². The summed E-state index contributed by atoms with van der Waals surface area (Å²) < 4.78 is 51.7. The molecule has 4 aliphatic heterocycles. The van der Waals surface area contributed by atoms with E-state index in [1.54, 1.807) is 30.3 Å². The first-order chi connectivity index (χ1) is 23.9. The molecule has 0 amide bonds. The molecule has 0 bridgehead atoms. The van der Waals surface area contributed by atoms with Crippen molar-refractivity contribution in [2.24, 2.45) is 11.8 Å². The van der Waals surface area contributed by atoms with Gasteiger partial charge < -0.3 is 73.3 Å². The Morgan fingerprint density at radius 3 is 2.28 bits per heavy atom. The highest BCUT2D eigenvalue weighted by Gasteiger charge is 2.77. The maximum Gasteiger partial charge on any atom is 0.331 e. The Hall–Kier alpha value is -3.20. The number of benzene rings is 1. The zero-order valence-corrected chi connectivity index (χ0v) is 27.4. The van der Waals surface area contributed by atoms with Gasteiger partial charge in [0.25, 0.3) is 0 Å². The molecule has 3 saturated heterocycles. The Balaban J connectivity index is 1.19. The second kappa shape index (κ2) is 14.8. The first kappa shape index (κ1) is 36.6. The van der Waals surface area contributed by atoms with Crippen molar-refractivity contribution in [3.8, 4) is 5.75 Å². The molecule has 1 aromatic carbocycles. The van der Waals surface area contributed by atoms with Crippen molar-refractivity contribution < 1.29 is 82.9 Å². The number of methoxy groups -OCH3 is 1. The van der Waals surface area contributed by atoms with Crippen LogP contribution in [0, 0.1) is 11.8 Å². The number of hydrogen-bond acceptors (Lipinski definition) is 17. The SMILES string of the molecule is COc1ccc(C=CC(=O)O[C@@H]2[C@@H](O)[C@H](C)O[C@@H](O[C@H]3[C@@H]4C=CO[C@@H](O[C@H]5O[C@@H](CO)[C@H](O)[C@@H](O)[C@@H]5O)[C@@H]4[C@@]4(CO)O[C@@H]34)[C@@H]2OC(C)=O)cc1. The second-order valence-corrected chi connectivity index (χ2v) is 12.8. The van der Waals surface area contributed by atoms with Gasteiger partial charge in [-0.15, -0.1) is 0 Å². The zero-order chi connectivity index (χ0) is 35.9. The molecule has 17 nitrogen and oxygen atoms in total. The summed E-state index contributed by atoms with van der Waals surface area (Å²) in [5.41, 5.74) is -0.583. The van der Waals surface area contributed by atoms with E-state index in [1.165, 1.54) is 26.4 Å². The number of carbonyl (C=O) groups is 2. The molecule has 5 aliphatic rings. The van der Waals surface area contributed by atoms with Gasteiger partial charge in [0.2, 0.25) is 6.29 Å². The van der Waals surface area contributed by atoms with E-state index in [0.29, 0.717) is 11.3 Å². The average molecular weight is 711 g/mol. The number of aliphatic hydroxyl groups excluding tert-OH is 6. The van der Waals surface area contributed by atoms with Gasteiger partial charge in [-0.1, -0.05) is 12.1 Å². The summed E-state index contributed by atoms with van der Waals surface area (Å²) in [4.78, 5) is 25.2. The minimum absolute atomic E-state index is 0.501. The Bertz CT molecular complexity index is 1420. The standard InChI is InChI=1S/C33H42O17/c1-14-22(38)27(47-20(37)9-6-16-4-7-17(42-3)8-5-16)28(45-15(2)36)32(44-14)48-26-18-10-11-43-30(21(18)33(13-35)29(26)50-33)49-31-25(41)24(40)23(39)19(12-34)46-31/h4-11,14,18-19,21-32,34-35,38-41H,12-13H2,1-3H3/t14-,18+,19-,21+,22-,23-,24+,25-,26-,27+,28+,29-,30-,31+,32-,33+/m0/s1. The highest BCUT2D eigenvalue weighted by atomic mass is 16.8. The average Bonchev–Trinajstić information content (AvgIpc) is 3.78. The van der Waals surface area contributed by atoms with Crippen molar-refractivity contribution in [2.45, 2.75) is 99.4 Å². The van der Waals surface area contributed by atoms with Crippen molar-refractivity contribution in [2.75, 3.05) is 20.3 Å². The Labute approximate surface area is 286 Å². The fourth-order valence-corrected chi connectivity index (χ4v) is 7.06. The first-order valence-electron chi connectivity index (χ1n) is 16.2. The van der Waals surface area contributed by atoms with E-state index < -0.39 is 122 Å². The van der Waals surface area contributed by atoms with Crippen LogP contribution in [0.25, 0.3) is 6.08 Å². The second-order valence-electron chi connectivity index (χ2n) is 12.8. The maximum atomic E-state index is 12.9. The Morgan fingerprint density at radius 2 is 1.62 bits per heavy atom. The molecule has 16 atom stereocenters. The molecule has 6 N–H and O–H groups in total. The number of esters is 2. The summed E-state index contributed by atoms with van der Waals surface area (Å²) >= 11 is 0. The maximum absolute atomic E-state index is 12.9. The van der Waals surface area contributed by atoms with E-state index in [4.69, 9.17) is 42.6 Å². The lowest BCUT2D eigenvalue weighted by molar-refractivity contribution is -0.347. The third kappa shape index (κ3) is 6.88. The molecule has 276 valence electrons. The third-order valence-electron chi connectivity index (χ3n) is 9.73. The molecule has 4 heterocycles. The number of aliphatic hydroxyl groups is 6. The van der Waals surface area contributed by atoms with Gasteiger partial charge in [-0.05, 0) is 36.8 Å². The van der Waals surface area contributed by atoms with Gasteiger partial charge in [-0.2, -0.15) is 0 Å². The minimum atomic E-state index is -1.71. The third-order valence-corrected chi connectivity index (χ3v) is 9.73. The van der Waals surface area contributed by atoms with E-state index in [2.05, 4.69) is 0 Å². The molecule has 1 aromatic rings. The highest BCUT2D eigenvalue weighted by Crippen LogP contribution is 2.61. The van der Waals surface area contributed by atoms with Gasteiger partial charge in [0, 0.05) is 18.9 Å². The molecule has 6 rings (SSSR count). The fraction of sp³-hybridized carbons (Fsp3) is 0.636. The molecule has 0 unspecified atom stereocenters. The van der Waals surface area contributed by atoms with E-state index in [9.17, 15) is 40.2 Å². The fourth-order valence-electron chi connectivity index (χ4n) is 7.06. The van der Waals surface area contributed by atoms with Crippen LogP contribution in [0.3, 0.4) is 0 Å². The summed E-state index contributed by atoms with van der Waals surface area (Å²) in [5.74, 6) is -2.34. The lowest BCUT2D eigenvalue weighted by Gasteiger charge is -2.44. The van der Waals surface area contributed by atoms with Crippen molar-refractivity contribution in [3.63, 3.8) is 0 Å². The van der Waals surface area contributed by atoms with Crippen molar-refractivity contribution in [1.82, 2.24) is 0 Å². The lowest BCUT2D eigenvalue weighted by atomic mass is 9.85. The summed E-state index contributed by atoms with van der Waals surface area (Å²) in [6.07, 6.45) is -11.6. The van der Waals surface area contributed by atoms with Crippen LogP contribution in [-0.2, 0) is 47.5 Å². The van der Waals surface area contributed by atoms with Crippen LogP contribution in [-0.4, -0.2) is 148 Å². The van der Waals surface area contributed by atoms with Crippen LogP contribution in [0.4, 0.5) is 0 Å². The largest absolute Gasteiger partial charge is 0.497 e. The van der Waals surface area contributed by atoms with Crippen molar-refractivity contribution in [3.05, 3.63) is 48.2 Å². The minimum Gasteiger partial charge on any atom is -0.497 e. The van der Waals surface area contributed by atoms with Crippen LogP contribution in [0.1, 0.15) is 19.4 Å². The number of ether oxygens (including phenoxy) is 9. The molecular formula is C33H42O17. The molecule has 1 saturated carbocycles. The molecule has 50 heavy (non-hydrogen) atoms. The van der Waals surface area contributed by atoms with Crippen LogP contribution in [0.2, 0.25) is 0 Å². The molecule has 0 spiro atoms. The summed E-state index contributed by atoms with van der Waals surface area (Å²) in [6, 6.07) is 6.89. The molecule has 4 fully saturated rings. The van der Waals surface area contributed by atoms with Gasteiger partial charge >= 0.3 is 11.9 Å². The van der Waals surface area contributed by atoms with E-state index in [0.717, 1.165) is 13.0 Å². The molecule has 17 heteroatoms. The van der Waals surface area contributed by atoms with Crippen molar-refractivity contribution >= 4 is 18.0 Å². The molecule has 0 radical (unpaired) electrons. The zero-order valence-electron chi connectivity index (χ0n) is 27.4. The number of fused-ring (bicyclic) bond motifs is 3. The van der Waals surface area contributed by atoms with Gasteiger partial charge in [0.15, 0.2) is 24.8 Å². The molecule has 0 aromatic heterocycles. The molecule has 1 aliphatic carbocycles. The van der Waals surface area contributed by atoms with Gasteiger partial charge in [-0.25, -0.2) is 4.79 Å². The first-order valence-corrected chi connectivity index (χ1v) is 16.2. The van der Waals surface area contributed by atoms with E-state index in [1.807, 2.05) is 0 Å². The quantitative estimate of drug-likeness (QED) is 0.0835. The normalized spacial score (nSPS) is 43.4. The van der Waals surface area contributed by atoms with Crippen LogP contribution in [0.5, 0.6) is 5.75 Å². The highest BCUT2D eigenvalue weighted by molar-refractivity contribution is 5.87. The topological polar surface area (TPSA) is 242 Å².